The molecule has 3 heterocycles. The summed E-state index contributed by atoms with van der Waals surface area (Å²) in [6, 6.07) is 0. The fourth-order valence-electron chi connectivity index (χ4n) is 3.90. The van der Waals surface area contributed by atoms with Crippen LogP contribution in [0.1, 0.15) is 71.9 Å². The highest BCUT2D eigenvalue weighted by Gasteiger charge is 2.27. The van der Waals surface area contributed by atoms with E-state index in [0.717, 1.165) is 31.4 Å². The third kappa shape index (κ3) is 4.24. The van der Waals surface area contributed by atoms with Crippen LogP contribution in [0.5, 0.6) is 0 Å². The number of aromatic nitrogens is 5. The second kappa shape index (κ2) is 8.73. The third-order valence-electron chi connectivity index (χ3n) is 5.68. The predicted molar refractivity (Wildman–Crippen MR) is 108 cm³/mol. The maximum absolute atomic E-state index is 12.5. The van der Waals surface area contributed by atoms with Crippen molar-refractivity contribution in [2.45, 2.75) is 58.8 Å². The Bertz CT molecular complexity index is 1000. The molecule has 0 aromatic carbocycles. The molecule has 1 fully saturated rings. The van der Waals surface area contributed by atoms with Crippen LogP contribution >= 0.6 is 0 Å². The van der Waals surface area contributed by atoms with Gasteiger partial charge >= 0.3 is 0 Å². The van der Waals surface area contributed by atoms with E-state index in [2.05, 4.69) is 30.6 Å². The molecule has 0 radical (unpaired) electrons. The Kier molecular flexibility index (Phi) is 5.87. The van der Waals surface area contributed by atoms with Gasteiger partial charge in [0.2, 0.25) is 5.89 Å². The molecular formula is C21H26N6O3. The van der Waals surface area contributed by atoms with Crippen molar-refractivity contribution in [2.75, 3.05) is 6.54 Å². The van der Waals surface area contributed by atoms with E-state index < -0.39 is 0 Å². The Hall–Kier alpha value is -3.10. The topological polar surface area (TPSA) is 120 Å². The molecule has 3 aromatic heterocycles. The Balaban J connectivity index is 1.29. The molecule has 0 saturated heterocycles. The molecule has 1 saturated carbocycles. The Labute approximate surface area is 174 Å². The van der Waals surface area contributed by atoms with Crippen LogP contribution in [0.15, 0.2) is 21.3 Å². The zero-order chi connectivity index (χ0) is 21.1. The van der Waals surface area contributed by atoms with E-state index >= 15 is 0 Å². The van der Waals surface area contributed by atoms with Gasteiger partial charge in [-0.05, 0) is 51.9 Å². The summed E-state index contributed by atoms with van der Waals surface area (Å²) in [5.74, 6) is 2.20. The molecule has 9 nitrogen and oxygen atoms in total. The third-order valence-corrected chi connectivity index (χ3v) is 5.68. The zero-order valence-corrected chi connectivity index (χ0v) is 17.5. The summed E-state index contributed by atoms with van der Waals surface area (Å²) < 4.78 is 11.0. The number of nitrogens with zero attached hydrogens (tertiary/aromatic N) is 5. The van der Waals surface area contributed by atoms with Crippen LogP contribution in [0.2, 0.25) is 0 Å². The molecule has 1 aliphatic carbocycles. The summed E-state index contributed by atoms with van der Waals surface area (Å²) in [5, 5.41) is 15.4. The Morgan fingerprint density at radius 1 is 1.13 bits per heavy atom. The minimum Gasteiger partial charge on any atom is -0.419 e. The quantitative estimate of drug-likeness (QED) is 0.656. The summed E-state index contributed by atoms with van der Waals surface area (Å²) in [7, 11) is 0. The fraction of sp³-hybridized carbons (Fsp3) is 0.524. The highest BCUT2D eigenvalue weighted by molar-refractivity contribution is 5.96. The number of carbonyl (C=O) groups excluding carboxylic acids is 1. The van der Waals surface area contributed by atoms with Crippen LogP contribution < -0.4 is 5.32 Å². The Morgan fingerprint density at radius 3 is 2.63 bits per heavy atom. The van der Waals surface area contributed by atoms with Gasteiger partial charge in [0, 0.05) is 18.7 Å². The van der Waals surface area contributed by atoms with Crippen molar-refractivity contribution >= 4 is 5.91 Å². The first-order chi connectivity index (χ1) is 14.5. The summed E-state index contributed by atoms with van der Waals surface area (Å²) >= 11 is 0. The molecule has 1 aliphatic rings. The first-order valence-electron chi connectivity index (χ1n) is 10.4. The van der Waals surface area contributed by atoms with E-state index in [1.807, 2.05) is 13.8 Å². The highest BCUT2D eigenvalue weighted by Crippen LogP contribution is 2.35. The van der Waals surface area contributed by atoms with Crippen LogP contribution in [0, 0.1) is 19.8 Å². The molecule has 0 bridgehead atoms. The lowest BCUT2D eigenvalue weighted by atomic mass is 9.82. The number of hydrogen-bond donors (Lipinski definition) is 1. The van der Waals surface area contributed by atoms with Crippen molar-refractivity contribution in [1.29, 1.82) is 0 Å². The van der Waals surface area contributed by atoms with Crippen molar-refractivity contribution in [3.05, 3.63) is 41.0 Å². The zero-order valence-electron chi connectivity index (χ0n) is 17.5. The van der Waals surface area contributed by atoms with E-state index in [-0.39, 0.29) is 11.8 Å². The standard InChI is InChI=1S/C21H26N6O3/c1-4-16-18(13(3)30-27-16)19(28)24-10-14-5-7-15(8-6-14)20-25-26-21(29-20)17-11-22-12(2)9-23-17/h9,11,14-15H,4-8,10H2,1-3H3,(H,24,28). The van der Waals surface area contributed by atoms with Crippen LogP contribution in [-0.4, -0.2) is 37.8 Å². The molecule has 0 atom stereocenters. The summed E-state index contributed by atoms with van der Waals surface area (Å²) in [6.07, 6.45) is 7.90. The van der Waals surface area contributed by atoms with Gasteiger partial charge in [-0.1, -0.05) is 12.1 Å². The van der Waals surface area contributed by atoms with Crippen molar-refractivity contribution in [2.24, 2.45) is 5.92 Å². The minimum atomic E-state index is -0.103. The smallest absolute Gasteiger partial charge is 0.267 e. The van der Waals surface area contributed by atoms with Gasteiger partial charge in [0.25, 0.3) is 11.8 Å². The SMILES string of the molecule is CCc1noc(C)c1C(=O)NCC1CCC(c2nnc(-c3cnc(C)cn3)o2)CC1. The summed E-state index contributed by atoms with van der Waals surface area (Å²) in [5.41, 5.74) is 2.71. The molecule has 1 N–H and O–H groups in total. The summed E-state index contributed by atoms with van der Waals surface area (Å²) in [4.78, 5) is 21.0. The van der Waals surface area contributed by atoms with Gasteiger partial charge in [0.05, 0.1) is 17.6 Å². The molecule has 4 rings (SSSR count). The van der Waals surface area contributed by atoms with E-state index in [0.29, 0.717) is 53.4 Å². The lowest BCUT2D eigenvalue weighted by molar-refractivity contribution is 0.0940. The normalized spacial score (nSPS) is 19.0. The van der Waals surface area contributed by atoms with Crippen LogP contribution in [0.25, 0.3) is 11.6 Å². The predicted octanol–water partition coefficient (Wildman–Crippen LogP) is 3.40. The first kappa shape index (κ1) is 20.2. The number of hydrogen-bond acceptors (Lipinski definition) is 8. The van der Waals surface area contributed by atoms with Crippen LogP contribution in [0.4, 0.5) is 0 Å². The molecule has 0 unspecified atom stereocenters. The highest BCUT2D eigenvalue weighted by atomic mass is 16.5. The second-order valence-electron chi connectivity index (χ2n) is 7.83. The van der Waals surface area contributed by atoms with Crippen LogP contribution in [0.3, 0.4) is 0 Å². The molecule has 3 aromatic rings. The average molecular weight is 410 g/mol. The van der Waals surface area contributed by atoms with Gasteiger partial charge in [-0.3, -0.25) is 9.78 Å². The van der Waals surface area contributed by atoms with Crippen molar-refractivity contribution < 1.29 is 13.7 Å². The van der Waals surface area contributed by atoms with E-state index in [9.17, 15) is 4.79 Å². The van der Waals surface area contributed by atoms with E-state index in [4.69, 9.17) is 8.94 Å². The lowest BCUT2D eigenvalue weighted by Gasteiger charge is -2.26. The molecule has 0 spiro atoms. The van der Waals surface area contributed by atoms with Gasteiger partial charge in [-0.2, -0.15) is 0 Å². The lowest BCUT2D eigenvalue weighted by Crippen LogP contribution is -2.31. The maximum Gasteiger partial charge on any atom is 0.267 e. The molecule has 158 valence electrons. The van der Waals surface area contributed by atoms with Gasteiger partial charge in [0.1, 0.15) is 17.0 Å². The molecular weight excluding hydrogens is 384 g/mol. The van der Waals surface area contributed by atoms with E-state index in [1.54, 1.807) is 19.3 Å². The van der Waals surface area contributed by atoms with Crippen molar-refractivity contribution in [3.8, 4) is 11.6 Å². The largest absolute Gasteiger partial charge is 0.419 e. The molecule has 0 aliphatic heterocycles. The monoisotopic (exact) mass is 410 g/mol. The average Bonchev–Trinajstić information content (AvgIpc) is 3.40. The number of carbonyl (C=O) groups is 1. The second-order valence-corrected chi connectivity index (χ2v) is 7.83. The van der Waals surface area contributed by atoms with Crippen LogP contribution in [-0.2, 0) is 6.42 Å². The molecule has 9 heteroatoms. The van der Waals surface area contributed by atoms with E-state index in [1.165, 1.54) is 0 Å². The maximum atomic E-state index is 12.5. The fourth-order valence-corrected chi connectivity index (χ4v) is 3.90. The van der Waals surface area contributed by atoms with Gasteiger partial charge in [0.15, 0.2) is 0 Å². The van der Waals surface area contributed by atoms with Gasteiger partial charge in [-0.15, -0.1) is 10.2 Å². The minimum absolute atomic E-state index is 0.103. The summed E-state index contributed by atoms with van der Waals surface area (Å²) in [6.45, 7) is 6.26. The van der Waals surface area contributed by atoms with Crippen molar-refractivity contribution in [1.82, 2.24) is 30.6 Å². The molecule has 1 amide bonds. The first-order valence-corrected chi connectivity index (χ1v) is 10.4. The van der Waals surface area contributed by atoms with Crippen molar-refractivity contribution in [3.63, 3.8) is 0 Å². The number of rotatable bonds is 6. The van der Waals surface area contributed by atoms with Gasteiger partial charge in [-0.25, -0.2) is 4.98 Å². The number of aryl methyl sites for hydroxylation is 3. The van der Waals surface area contributed by atoms with Gasteiger partial charge < -0.3 is 14.3 Å². The number of amides is 1. The number of nitrogens with one attached hydrogen (secondary N) is 1. The molecule has 30 heavy (non-hydrogen) atoms. The Morgan fingerprint density at radius 2 is 1.93 bits per heavy atom.